The van der Waals surface area contributed by atoms with Gasteiger partial charge in [-0.2, -0.15) is 0 Å². The Morgan fingerprint density at radius 2 is 2.25 bits per heavy atom. The molecule has 1 aromatic carbocycles. The highest BCUT2D eigenvalue weighted by atomic mass is 16.3. The van der Waals surface area contributed by atoms with E-state index in [2.05, 4.69) is 5.32 Å². The van der Waals surface area contributed by atoms with Crippen molar-refractivity contribution in [2.75, 3.05) is 13.1 Å². The van der Waals surface area contributed by atoms with Crippen molar-refractivity contribution in [2.24, 2.45) is 5.92 Å². The van der Waals surface area contributed by atoms with Gasteiger partial charge in [-0.25, -0.2) is 0 Å². The van der Waals surface area contributed by atoms with E-state index in [1.165, 1.54) is 0 Å². The Hall–Kier alpha value is -1.35. The molecular weight excluding hydrogens is 202 g/mol. The quantitative estimate of drug-likeness (QED) is 0.764. The standard InChI is InChI=1S/C13H17NO2/c15-12-6-2-1-5-11(12)13(16)8-10-4-3-7-14-9-10/h1-2,5-6,10,14-15H,3-4,7-9H2. The number of aromatic hydroxyl groups is 1. The number of carbonyl (C=O) groups excluding carboxylic acids is 1. The number of phenolic OH excluding ortho intramolecular Hbond substituents is 1. The summed E-state index contributed by atoms with van der Waals surface area (Å²) in [5.74, 6) is 0.559. The van der Waals surface area contributed by atoms with Gasteiger partial charge < -0.3 is 10.4 Å². The Bertz CT molecular complexity index is 370. The number of hydrogen-bond acceptors (Lipinski definition) is 3. The maximum atomic E-state index is 11.9. The number of phenols is 1. The number of Topliss-reactive ketones (excluding diaryl/α,β-unsaturated/α-hetero) is 1. The summed E-state index contributed by atoms with van der Waals surface area (Å²) in [5.41, 5.74) is 0.452. The molecule has 0 bridgehead atoms. The molecule has 2 N–H and O–H groups in total. The number of nitrogens with one attached hydrogen (secondary N) is 1. The van der Waals surface area contributed by atoms with Gasteiger partial charge in [0.05, 0.1) is 5.56 Å². The molecule has 1 aliphatic heterocycles. The first-order valence-corrected chi connectivity index (χ1v) is 5.79. The van der Waals surface area contributed by atoms with E-state index in [9.17, 15) is 9.90 Å². The predicted octanol–water partition coefficient (Wildman–Crippen LogP) is 1.96. The molecule has 1 saturated heterocycles. The molecule has 86 valence electrons. The second kappa shape index (κ2) is 5.12. The lowest BCUT2D eigenvalue weighted by atomic mass is 9.92. The maximum Gasteiger partial charge on any atom is 0.166 e. The van der Waals surface area contributed by atoms with Crippen LogP contribution in [0.5, 0.6) is 5.75 Å². The Kier molecular flexibility index (Phi) is 3.57. The van der Waals surface area contributed by atoms with Crippen LogP contribution in [-0.4, -0.2) is 24.0 Å². The molecule has 1 atom stereocenters. The summed E-state index contributed by atoms with van der Waals surface area (Å²) in [4.78, 5) is 11.9. The lowest BCUT2D eigenvalue weighted by Gasteiger charge is -2.22. The maximum absolute atomic E-state index is 11.9. The first kappa shape index (κ1) is 11.1. The molecule has 2 rings (SSSR count). The van der Waals surface area contributed by atoms with Gasteiger partial charge >= 0.3 is 0 Å². The zero-order valence-corrected chi connectivity index (χ0v) is 9.28. The van der Waals surface area contributed by atoms with Gasteiger partial charge in [-0.05, 0) is 44.0 Å². The van der Waals surface area contributed by atoms with Gasteiger partial charge in [0.15, 0.2) is 5.78 Å². The van der Waals surface area contributed by atoms with E-state index in [-0.39, 0.29) is 11.5 Å². The fourth-order valence-electron chi connectivity index (χ4n) is 2.18. The zero-order valence-electron chi connectivity index (χ0n) is 9.28. The molecular formula is C13H17NO2. The molecule has 3 heteroatoms. The number of benzene rings is 1. The highest BCUT2D eigenvalue weighted by Gasteiger charge is 2.19. The van der Waals surface area contributed by atoms with Crippen LogP contribution in [0.3, 0.4) is 0 Å². The third-order valence-electron chi connectivity index (χ3n) is 3.08. The van der Waals surface area contributed by atoms with Crippen LogP contribution in [0.15, 0.2) is 24.3 Å². The van der Waals surface area contributed by atoms with Gasteiger partial charge in [0.25, 0.3) is 0 Å². The number of carbonyl (C=O) groups is 1. The molecule has 0 spiro atoms. The van der Waals surface area contributed by atoms with Gasteiger partial charge in [0.2, 0.25) is 0 Å². The van der Waals surface area contributed by atoms with Crippen LogP contribution < -0.4 is 5.32 Å². The second-order valence-electron chi connectivity index (χ2n) is 4.36. The van der Waals surface area contributed by atoms with Crippen LogP contribution in [0.1, 0.15) is 29.6 Å². The molecule has 1 aliphatic rings. The van der Waals surface area contributed by atoms with Gasteiger partial charge in [-0.15, -0.1) is 0 Å². The van der Waals surface area contributed by atoms with E-state index < -0.39 is 0 Å². The average molecular weight is 219 g/mol. The van der Waals surface area contributed by atoms with E-state index >= 15 is 0 Å². The van der Waals surface area contributed by atoms with Crippen molar-refractivity contribution in [1.29, 1.82) is 0 Å². The van der Waals surface area contributed by atoms with Crippen LogP contribution >= 0.6 is 0 Å². The summed E-state index contributed by atoms with van der Waals surface area (Å²) in [5, 5.41) is 12.9. The Balaban J connectivity index is 2.00. The van der Waals surface area contributed by atoms with E-state index in [1.807, 2.05) is 0 Å². The molecule has 3 nitrogen and oxygen atoms in total. The molecule has 1 unspecified atom stereocenters. The largest absolute Gasteiger partial charge is 0.507 e. The van der Waals surface area contributed by atoms with Crippen LogP contribution in [0.25, 0.3) is 0 Å². The molecule has 0 aliphatic carbocycles. The molecule has 1 fully saturated rings. The van der Waals surface area contributed by atoms with E-state index in [0.717, 1.165) is 25.9 Å². The number of rotatable bonds is 3. The minimum atomic E-state index is 0.0480. The van der Waals surface area contributed by atoms with E-state index in [4.69, 9.17) is 0 Å². The highest BCUT2D eigenvalue weighted by Crippen LogP contribution is 2.22. The molecule has 1 aromatic rings. The topological polar surface area (TPSA) is 49.3 Å². The van der Waals surface area contributed by atoms with Crippen molar-refractivity contribution < 1.29 is 9.90 Å². The van der Waals surface area contributed by atoms with Crippen LogP contribution in [0, 0.1) is 5.92 Å². The third-order valence-corrected chi connectivity index (χ3v) is 3.08. The van der Waals surface area contributed by atoms with Crippen molar-refractivity contribution >= 4 is 5.78 Å². The Morgan fingerprint density at radius 1 is 1.44 bits per heavy atom. The average Bonchev–Trinajstić information content (AvgIpc) is 2.31. The highest BCUT2D eigenvalue weighted by molar-refractivity contribution is 5.98. The summed E-state index contributed by atoms with van der Waals surface area (Å²) in [7, 11) is 0. The third kappa shape index (κ3) is 2.61. The Labute approximate surface area is 95.5 Å². The fraction of sp³-hybridized carbons (Fsp3) is 0.462. The molecule has 0 saturated carbocycles. The molecule has 1 heterocycles. The van der Waals surface area contributed by atoms with E-state index in [1.54, 1.807) is 24.3 Å². The Morgan fingerprint density at radius 3 is 2.94 bits per heavy atom. The predicted molar refractivity (Wildman–Crippen MR) is 62.6 cm³/mol. The molecule has 0 aromatic heterocycles. The number of hydrogen-bond donors (Lipinski definition) is 2. The minimum absolute atomic E-state index is 0.0480. The van der Waals surface area contributed by atoms with Crippen molar-refractivity contribution in [3.05, 3.63) is 29.8 Å². The summed E-state index contributed by atoms with van der Waals surface area (Å²) in [6.07, 6.45) is 2.77. The summed E-state index contributed by atoms with van der Waals surface area (Å²) in [6.45, 7) is 1.97. The van der Waals surface area contributed by atoms with Crippen molar-refractivity contribution in [2.45, 2.75) is 19.3 Å². The SMILES string of the molecule is O=C(CC1CCCNC1)c1ccccc1O. The second-order valence-corrected chi connectivity index (χ2v) is 4.36. The number of ketones is 1. The van der Waals surface area contributed by atoms with Gasteiger partial charge in [-0.3, -0.25) is 4.79 Å². The van der Waals surface area contributed by atoms with Gasteiger partial charge in [0, 0.05) is 6.42 Å². The normalized spacial score (nSPS) is 20.6. The van der Waals surface area contributed by atoms with E-state index in [0.29, 0.717) is 17.9 Å². The summed E-state index contributed by atoms with van der Waals surface area (Å²) < 4.78 is 0. The first-order valence-electron chi connectivity index (χ1n) is 5.79. The van der Waals surface area contributed by atoms with Crippen molar-refractivity contribution in [1.82, 2.24) is 5.32 Å². The van der Waals surface area contributed by atoms with Crippen LogP contribution in [0.4, 0.5) is 0 Å². The molecule has 0 radical (unpaired) electrons. The minimum Gasteiger partial charge on any atom is -0.507 e. The van der Waals surface area contributed by atoms with Gasteiger partial charge in [-0.1, -0.05) is 12.1 Å². The van der Waals surface area contributed by atoms with Crippen LogP contribution in [-0.2, 0) is 0 Å². The monoisotopic (exact) mass is 219 g/mol. The summed E-state index contributed by atoms with van der Waals surface area (Å²) >= 11 is 0. The fourth-order valence-corrected chi connectivity index (χ4v) is 2.18. The number of para-hydroxylation sites is 1. The summed E-state index contributed by atoms with van der Waals surface area (Å²) in [6, 6.07) is 6.76. The molecule has 16 heavy (non-hydrogen) atoms. The molecule has 0 amide bonds. The smallest absolute Gasteiger partial charge is 0.166 e. The van der Waals surface area contributed by atoms with Crippen LogP contribution in [0.2, 0.25) is 0 Å². The lowest BCUT2D eigenvalue weighted by molar-refractivity contribution is 0.0951. The first-order chi connectivity index (χ1) is 7.77. The van der Waals surface area contributed by atoms with Crippen molar-refractivity contribution in [3.8, 4) is 5.75 Å². The van der Waals surface area contributed by atoms with Crippen molar-refractivity contribution in [3.63, 3.8) is 0 Å². The van der Waals surface area contributed by atoms with Gasteiger partial charge in [0.1, 0.15) is 5.75 Å². The number of piperidine rings is 1. The zero-order chi connectivity index (χ0) is 11.4. The lowest BCUT2D eigenvalue weighted by Crippen LogP contribution is -2.31.